The third-order valence-electron chi connectivity index (χ3n) is 4.59. The van der Waals surface area contributed by atoms with Gasteiger partial charge in [0.05, 0.1) is 12.5 Å². The van der Waals surface area contributed by atoms with Crippen LogP contribution in [0, 0.1) is 5.92 Å². The maximum atomic E-state index is 12.4. The quantitative estimate of drug-likeness (QED) is 0.934. The molecule has 3 atom stereocenters. The summed E-state index contributed by atoms with van der Waals surface area (Å²) in [6.45, 7) is 6.99. The van der Waals surface area contributed by atoms with Gasteiger partial charge in [0.15, 0.2) is 5.58 Å². The predicted molar refractivity (Wildman–Crippen MR) is 79.9 cm³/mol. The number of carbonyl (C=O) groups is 1. The van der Waals surface area contributed by atoms with Crippen molar-refractivity contribution in [3.63, 3.8) is 0 Å². The minimum atomic E-state index is -0.105. The zero-order valence-corrected chi connectivity index (χ0v) is 11.7. The molecule has 0 aliphatic carbocycles. The van der Waals surface area contributed by atoms with Gasteiger partial charge in [0.25, 0.3) is 5.91 Å². The van der Waals surface area contributed by atoms with E-state index < -0.39 is 0 Å². The molecule has 2 aromatic rings. The zero-order valence-electron chi connectivity index (χ0n) is 11.7. The highest BCUT2D eigenvalue weighted by molar-refractivity contribution is 5.97. The third-order valence-corrected chi connectivity index (χ3v) is 4.59. The van der Waals surface area contributed by atoms with Crippen molar-refractivity contribution in [3.8, 4) is 0 Å². The molecular formula is C16H17N3O2. The molecule has 21 heavy (non-hydrogen) atoms. The Kier molecular flexibility index (Phi) is 2.82. The number of aromatic nitrogens is 1. The lowest BCUT2D eigenvalue weighted by atomic mass is 10.00. The van der Waals surface area contributed by atoms with E-state index in [1.165, 1.54) is 13.0 Å². The number of furan rings is 1. The Morgan fingerprint density at radius 3 is 3.14 bits per heavy atom. The summed E-state index contributed by atoms with van der Waals surface area (Å²) in [5.74, 6) is 0.488. The normalized spacial score (nSPS) is 27.1. The van der Waals surface area contributed by atoms with Crippen molar-refractivity contribution in [2.24, 2.45) is 5.92 Å². The van der Waals surface area contributed by atoms with Crippen molar-refractivity contribution >= 4 is 23.0 Å². The van der Waals surface area contributed by atoms with Gasteiger partial charge in [-0.15, -0.1) is 0 Å². The maximum absolute atomic E-state index is 12.4. The minimum Gasteiger partial charge on any atom is -0.462 e. The second kappa shape index (κ2) is 4.70. The first-order valence-electron chi connectivity index (χ1n) is 7.27. The minimum absolute atomic E-state index is 0.105. The fourth-order valence-corrected chi connectivity index (χ4v) is 3.42. The Balaban J connectivity index is 1.57. The number of hydrogen-bond donors (Lipinski definition) is 1. The first-order valence-corrected chi connectivity index (χ1v) is 7.27. The van der Waals surface area contributed by atoms with Gasteiger partial charge >= 0.3 is 0 Å². The Morgan fingerprint density at radius 1 is 1.52 bits per heavy atom. The van der Waals surface area contributed by atoms with Crippen LogP contribution in [0.4, 0.5) is 0 Å². The molecule has 0 radical (unpaired) electrons. The van der Waals surface area contributed by atoms with E-state index in [9.17, 15) is 4.79 Å². The molecule has 2 bridgehead atoms. The summed E-state index contributed by atoms with van der Waals surface area (Å²) in [6.07, 6.45) is 6.13. The summed E-state index contributed by atoms with van der Waals surface area (Å²) in [4.78, 5) is 19.0. The zero-order chi connectivity index (χ0) is 14.4. The molecule has 2 unspecified atom stereocenters. The number of fused-ring (bicyclic) bond motifs is 3. The summed E-state index contributed by atoms with van der Waals surface area (Å²) in [7, 11) is 0. The molecule has 4 rings (SSSR count). The first kappa shape index (κ1) is 12.6. The third kappa shape index (κ3) is 2.05. The number of nitrogens with zero attached hydrogens (tertiary/aromatic N) is 2. The van der Waals surface area contributed by atoms with E-state index >= 15 is 0 Å². The van der Waals surface area contributed by atoms with Crippen LogP contribution in [0.15, 0.2) is 29.5 Å². The predicted octanol–water partition coefficient (Wildman–Crippen LogP) is 1.90. The maximum Gasteiger partial charge on any atom is 0.270 e. The van der Waals surface area contributed by atoms with Gasteiger partial charge in [0, 0.05) is 30.1 Å². The summed E-state index contributed by atoms with van der Waals surface area (Å²) in [5.41, 5.74) is 1.99. The second-order valence-corrected chi connectivity index (χ2v) is 5.85. The van der Waals surface area contributed by atoms with Crippen molar-refractivity contribution in [2.75, 3.05) is 19.6 Å². The van der Waals surface area contributed by atoms with E-state index in [1.807, 2.05) is 0 Å². The molecule has 5 nitrogen and oxygen atoms in total. The topological polar surface area (TPSA) is 58.4 Å². The van der Waals surface area contributed by atoms with Gasteiger partial charge in [-0.3, -0.25) is 4.79 Å². The highest BCUT2D eigenvalue weighted by Crippen LogP contribution is 2.28. The van der Waals surface area contributed by atoms with Crippen molar-refractivity contribution in [2.45, 2.75) is 12.5 Å². The van der Waals surface area contributed by atoms with E-state index in [0.717, 1.165) is 24.0 Å². The number of rotatable bonds is 3. The van der Waals surface area contributed by atoms with Crippen LogP contribution >= 0.6 is 0 Å². The molecular weight excluding hydrogens is 266 g/mol. The van der Waals surface area contributed by atoms with E-state index in [-0.39, 0.29) is 11.9 Å². The van der Waals surface area contributed by atoms with Crippen LogP contribution in [0.2, 0.25) is 0 Å². The average Bonchev–Trinajstić information content (AvgIpc) is 3.21. The lowest BCUT2D eigenvalue weighted by Crippen LogP contribution is -2.43. The number of hydrogen-bond acceptors (Lipinski definition) is 4. The Bertz CT molecular complexity index is 721. The largest absolute Gasteiger partial charge is 0.462 e. The average molecular weight is 283 g/mol. The van der Waals surface area contributed by atoms with E-state index in [4.69, 9.17) is 4.42 Å². The van der Waals surface area contributed by atoms with Gasteiger partial charge in [-0.05, 0) is 24.9 Å². The van der Waals surface area contributed by atoms with Crippen molar-refractivity contribution in [3.05, 3.63) is 36.4 Å². The Morgan fingerprint density at radius 2 is 2.43 bits per heavy atom. The van der Waals surface area contributed by atoms with Crippen molar-refractivity contribution in [1.82, 2.24) is 15.2 Å². The van der Waals surface area contributed by atoms with Crippen LogP contribution in [-0.2, 0) is 0 Å². The number of carbonyl (C=O) groups excluding carboxylic acids is 1. The van der Waals surface area contributed by atoms with Crippen LogP contribution in [-0.4, -0.2) is 41.5 Å². The fourth-order valence-electron chi connectivity index (χ4n) is 3.42. The van der Waals surface area contributed by atoms with Crippen molar-refractivity contribution in [1.29, 1.82) is 0 Å². The van der Waals surface area contributed by atoms with Gasteiger partial charge in [-0.25, -0.2) is 4.98 Å². The highest BCUT2D eigenvalue weighted by Gasteiger charge is 2.38. The lowest BCUT2D eigenvalue weighted by Gasteiger charge is -2.22. The fraction of sp³-hybridized carbons (Fsp3) is 0.375. The van der Waals surface area contributed by atoms with E-state index in [1.54, 1.807) is 24.6 Å². The second-order valence-electron chi connectivity index (χ2n) is 5.85. The van der Waals surface area contributed by atoms with Gasteiger partial charge in [-0.2, -0.15) is 0 Å². The van der Waals surface area contributed by atoms with Crippen molar-refractivity contribution < 1.29 is 9.21 Å². The van der Waals surface area contributed by atoms with Crippen LogP contribution in [0.3, 0.4) is 0 Å². The summed E-state index contributed by atoms with van der Waals surface area (Å²) >= 11 is 0. The molecule has 1 amide bonds. The van der Waals surface area contributed by atoms with Gasteiger partial charge < -0.3 is 14.6 Å². The molecule has 4 heterocycles. The molecule has 0 saturated carbocycles. The molecule has 0 spiro atoms. The molecule has 2 saturated heterocycles. The number of amides is 1. The molecule has 108 valence electrons. The summed E-state index contributed by atoms with van der Waals surface area (Å²) in [5, 5.41) is 4.00. The standard InChI is InChI=1S/C16H17N3O2/c1-2-10-9-21-15-6-17-13(5-12(10)15)16(20)18-14-8-19-4-3-11(14)7-19/h2,5-6,9,11,14H,1,3-4,7-8H2,(H,18,20)/t11-,14?/m0/s1. The monoisotopic (exact) mass is 283 g/mol. The molecule has 0 aromatic carbocycles. The molecule has 5 heteroatoms. The first-order chi connectivity index (χ1) is 10.2. The van der Waals surface area contributed by atoms with Crippen LogP contribution in [0.25, 0.3) is 17.0 Å². The number of piperidine rings is 1. The number of pyridine rings is 1. The molecule has 2 aromatic heterocycles. The van der Waals surface area contributed by atoms with Gasteiger partial charge in [0.1, 0.15) is 5.69 Å². The molecule has 2 fully saturated rings. The van der Waals surface area contributed by atoms with E-state index in [2.05, 4.69) is 21.8 Å². The van der Waals surface area contributed by atoms with Gasteiger partial charge in [0.2, 0.25) is 0 Å². The Labute approximate surface area is 122 Å². The number of nitrogens with one attached hydrogen (secondary N) is 1. The van der Waals surface area contributed by atoms with Crippen LogP contribution < -0.4 is 5.32 Å². The summed E-state index contributed by atoms with van der Waals surface area (Å²) < 4.78 is 5.38. The highest BCUT2D eigenvalue weighted by atomic mass is 16.3. The smallest absolute Gasteiger partial charge is 0.270 e. The van der Waals surface area contributed by atoms with Crippen LogP contribution in [0.5, 0.6) is 0 Å². The van der Waals surface area contributed by atoms with Crippen LogP contribution in [0.1, 0.15) is 22.5 Å². The van der Waals surface area contributed by atoms with Gasteiger partial charge in [-0.1, -0.05) is 12.7 Å². The lowest BCUT2D eigenvalue weighted by molar-refractivity contribution is 0.0919. The molecule has 1 N–H and O–H groups in total. The SMILES string of the molecule is C=Cc1coc2cnc(C(=O)NC3CN4CC[C@H]3C4)cc12. The Hall–Kier alpha value is -2.14. The van der Waals surface area contributed by atoms with E-state index in [0.29, 0.717) is 17.2 Å². The summed E-state index contributed by atoms with van der Waals surface area (Å²) in [6, 6.07) is 2.03. The molecule has 2 aliphatic heterocycles. The molecule has 2 aliphatic rings.